The summed E-state index contributed by atoms with van der Waals surface area (Å²) in [7, 11) is -3.60. The van der Waals surface area contributed by atoms with E-state index in [9.17, 15) is 19.3 Å². The van der Waals surface area contributed by atoms with Crippen LogP contribution in [0.5, 0.6) is 0 Å². The highest BCUT2D eigenvalue weighted by molar-refractivity contribution is 7.53. The van der Waals surface area contributed by atoms with Crippen molar-refractivity contribution in [2.45, 2.75) is 32.5 Å². The monoisotopic (exact) mass is 420 g/mol. The van der Waals surface area contributed by atoms with Crippen molar-refractivity contribution in [3.8, 4) is 0 Å². The molecule has 0 spiro atoms. The highest BCUT2D eigenvalue weighted by Gasteiger charge is 2.29. The van der Waals surface area contributed by atoms with E-state index in [-0.39, 0.29) is 38.6 Å². The van der Waals surface area contributed by atoms with Crippen molar-refractivity contribution < 1.29 is 33.4 Å². The topological polar surface area (TPSA) is 110 Å². The molecule has 29 heavy (non-hydrogen) atoms. The molecule has 0 aliphatic rings. The Labute approximate surface area is 169 Å². The fourth-order valence-corrected chi connectivity index (χ4v) is 4.32. The molecule has 1 unspecified atom stereocenters. The second-order valence-electron chi connectivity index (χ2n) is 6.61. The summed E-state index contributed by atoms with van der Waals surface area (Å²) in [5.74, 6) is -3.12. The van der Waals surface area contributed by atoms with E-state index >= 15 is 0 Å². The fourth-order valence-electron chi connectivity index (χ4n) is 2.66. The Balaban J connectivity index is 2.04. The molecule has 1 atom stereocenters. The molecule has 2 N–H and O–H groups in total. The Bertz CT molecular complexity index is 776. The van der Waals surface area contributed by atoms with Crippen LogP contribution in [0.15, 0.2) is 60.7 Å². The zero-order valence-corrected chi connectivity index (χ0v) is 16.9. The lowest BCUT2D eigenvalue weighted by Crippen LogP contribution is -2.17. The van der Waals surface area contributed by atoms with Gasteiger partial charge in [0.1, 0.15) is 0 Å². The number of carboxylic acids is 2. The van der Waals surface area contributed by atoms with Gasteiger partial charge in [-0.15, -0.1) is 0 Å². The van der Waals surface area contributed by atoms with Crippen LogP contribution in [0.3, 0.4) is 0 Å². The highest BCUT2D eigenvalue weighted by atomic mass is 31.2. The number of benzene rings is 2. The summed E-state index contributed by atoms with van der Waals surface area (Å²) < 4.78 is 24.5. The number of aliphatic carboxylic acids is 2. The first kappa shape index (κ1) is 22.8. The quantitative estimate of drug-likeness (QED) is 0.457. The molecule has 0 aliphatic heterocycles. The van der Waals surface area contributed by atoms with E-state index in [4.69, 9.17) is 14.2 Å². The van der Waals surface area contributed by atoms with Gasteiger partial charge in [-0.1, -0.05) is 60.7 Å². The van der Waals surface area contributed by atoms with Gasteiger partial charge in [-0.3, -0.25) is 14.2 Å². The maximum Gasteiger partial charge on any atom is 0.331 e. The third kappa shape index (κ3) is 8.60. The first-order valence-electron chi connectivity index (χ1n) is 9.28. The summed E-state index contributed by atoms with van der Waals surface area (Å²) in [6, 6.07) is 18.4. The molecule has 0 saturated heterocycles. The van der Waals surface area contributed by atoms with E-state index in [1.165, 1.54) is 0 Å². The maximum absolute atomic E-state index is 13.3. The fraction of sp³-hybridized carbons (Fsp3) is 0.333. The van der Waals surface area contributed by atoms with Crippen LogP contribution in [0.1, 0.15) is 30.4 Å². The summed E-state index contributed by atoms with van der Waals surface area (Å²) in [6.45, 7) is 0.138. The lowest BCUT2D eigenvalue weighted by atomic mass is 10.0. The predicted molar refractivity (Wildman–Crippen MR) is 108 cm³/mol. The van der Waals surface area contributed by atoms with Crippen LogP contribution >= 0.6 is 7.60 Å². The van der Waals surface area contributed by atoms with Crippen molar-refractivity contribution in [3.05, 3.63) is 71.8 Å². The second kappa shape index (κ2) is 11.5. The lowest BCUT2D eigenvalue weighted by molar-refractivity contribution is -0.143. The Hall–Kier alpha value is -2.47. The summed E-state index contributed by atoms with van der Waals surface area (Å²) in [4.78, 5) is 22.2. The first-order chi connectivity index (χ1) is 13.9. The minimum absolute atomic E-state index is 0.00344. The molecule has 2 aromatic carbocycles. The third-order valence-corrected chi connectivity index (χ3v) is 6.20. The van der Waals surface area contributed by atoms with Gasteiger partial charge in [0.25, 0.3) is 0 Å². The van der Waals surface area contributed by atoms with E-state index < -0.39 is 25.5 Å². The van der Waals surface area contributed by atoms with E-state index in [0.29, 0.717) is 0 Å². The summed E-state index contributed by atoms with van der Waals surface area (Å²) in [5.41, 5.74) is 1.63. The molecule has 156 valence electrons. The third-order valence-electron chi connectivity index (χ3n) is 4.35. The first-order valence-corrected chi connectivity index (χ1v) is 11.0. The highest BCUT2D eigenvalue weighted by Crippen LogP contribution is 2.51. The summed E-state index contributed by atoms with van der Waals surface area (Å²) in [6.07, 6.45) is -0.411. The van der Waals surface area contributed by atoms with E-state index in [0.717, 1.165) is 11.1 Å². The van der Waals surface area contributed by atoms with Gasteiger partial charge >= 0.3 is 19.5 Å². The van der Waals surface area contributed by atoms with Gasteiger partial charge < -0.3 is 19.3 Å². The smallest absolute Gasteiger partial charge is 0.331 e. The summed E-state index contributed by atoms with van der Waals surface area (Å²) >= 11 is 0. The zero-order chi connectivity index (χ0) is 21.1. The van der Waals surface area contributed by atoms with Crippen LogP contribution < -0.4 is 0 Å². The molecule has 8 heteroatoms. The molecule has 0 heterocycles. The van der Waals surface area contributed by atoms with Gasteiger partial charge in [-0.2, -0.15) is 0 Å². The van der Waals surface area contributed by atoms with Crippen LogP contribution in [-0.4, -0.2) is 28.3 Å². The number of carbonyl (C=O) groups is 2. The molecular formula is C21H25O7P. The van der Waals surface area contributed by atoms with Gasteiger partial charge in [0, 0.05) is 6.42 Å². The normalized spacial score (nSPS) is 12.4. The predicted octanol–water partition coefficient (Wildman–Crippen LogP) is 4.57. The maximum atomic E-state index is 13.3. The molecule has 0 aromatic heterocycles. The van der Waals surface area contributed by atoms with Crippen LogP contribution in [0.4, 0.5) is 0 Å². The Kier molecular flexibility index (Phi) is 9.06. The van der Waals surface area contributed by atoms with Crippen molar-refractivity contribution in [1.82, 2.24) is 0 Å². The Morgan fingerprint density at radius 2 is 1.31 bits per heavy atom. The number of hydrogen-bond acceptors (Lipinski definition) is 5. The minimum atomic E-state index is -3.60. The Morgan fingerprint density at radius 3 is 1.72 bits per heavy atom. The van der Waals surface area contributed by atoms with Crippen LogP contribution in [-0.2, 0) is 36.4 Å². The van der Waals surface area contributed by atoms with E-state index in [2.05, 4.69) is 0 Å². The molecular weight excluding hydrogens is 395 g/mol. The Morgan fingerprint density at radius 1 is 0.828 bits per heavy atom. The van der Waals surface area contributed by atoms with Gasteiger partial charge in [-0.05, 0) is 24.0 Å². The van der Waals surface area contributed by atoms with Crippen LogP contribution in [0.2, 0.25) is 0 Å². The molecule has 0 saturated carbocycles. The van der Waals surface area contributed by atoms with Crippen molar-refractivity contribution in [1.29, 1.82) is 0 Å². The van der Waals surface area contributed by atoms with Gasteiger partial charge in [0.15, 0.2) is 0 Å². The molecule has 0 fully saturated rings. The van der Waals surface area contributed by atoms with Gasteiger partial charge in [0.05, 0.1) is 25.3 Å². The molecule has 0 radical (unpaired) electrons. The largest absolute Gasteiger partial charge is 0.481 e. The number of carboxylic acid groups (broad SMARTS) is 2. The van der Waals surface area contributed by atoms with Gasteiger partial charge in [-0.25, -0.2) is 0 Å². The SMILES string of the molecule is O=C(O)CCC(CCP(=O)(OCc1ccccc1)OCc1ccccc1)C(=O)O. The van der Waals surface area contributed by atoms with Crippen LogP contribution in [0, 0.1) is 5.92 Å². The molecule has 2 rings (SSSR count). The average Bonchev–Trinajstić information content (AvgIpc) is 2.72. The zero-order valence-electron chi connectivity index (χ0n) is 16.0. The lowest BCUT2D eigenvalue weighted by Gasteiger charge is -2.20. The van der Waals surface area contributed by atoms with Crippen molar-refractivity contribution >= 4 is 19.5 Å². The van der Waals surface area contributed by atoms with E-state index in [1.54, 1.807) is 0 Å². The number of rotatable bonds is 13. The van der Waals surface area contributed by atoms with Crippen molar-refractivity contribution in [3.63, 3.8) is 0 Å². The molecule has 2 aromatic rings. The molecule has 7 nitrogen and oxygen atoms in total. The summed E-state index contributed by atoms with van der Waals surface area (Å²) in [5, 5.41) is 18.1. The minimum Gasteiger partial charge on any atom is -0.481 e. The second-order valence-corrected chi connectivity index (χ2v) is 8.79. The number of hydrogen-bond donors (Lipinski definition) is 2. The van der Waals surface area contributed by atoms with Crippen molar-refractivity contribution in [2.24, 2.45) is 5.92 Å². The molecule has 0 amide bonds. The van der Waals surface area contributed by atoms with Crippen molar-refractivity contribution in [2.75, 3.05) is 6.16 Å². The standard InChI is InChI=1S/C21H25O7P/c22-20(23)12-11-19(21(24)25)13-14-29(26,27-15-17-7-3-1-4-8-17)28-16-18-9-5-2-6-10-18/h1-10,19H,11-16H2,(H,22,23)(H,24,25). The van der Waals surface area contributed by atoms with E-state index in [1.807, 2.05) is 60.7 Å². The average molecular weight is 420 g/mol. The molecule has 0 aliphatic carbocycles. The molecule has 0 bridgehead atoms. The van der Waals surface area contributed by atoms with Crippen LogP contribution in [0.25, 0.3) is 0 Å². The van der Waals surface area contributed by atoms with Gasteiger partial charge in [0.2, 0.25) is 0 Å².